The molecule has 0 spiro atoms. The highest BCUT2D eigenvalue weighted by Gasteiger charge is 2.09. The van der Waals surface area contributed by atoms with E-state index in [1.807, 2.05) is 13.0 Å². The second-order valence-corrected chi connectivity index (χ2v) is 3.10. The van der Waals surface area contributed by atoms with Crippen LogP contribution in [0.25, 0.3) is 0 Å². The second-order valence-electron chi connectivity index (χ2n) is 3.10. The van der Waals surface area contributed by atoms with E-state index in [0.29, 0.717) is 18.6 Å². The van der Waals surface area contributed by atoms with Crippen molar-refractivity contribution >= 4 is 5.78 Å². The molecule has 0 bridgehead atoms. The SMILES string of the molecule is C#CCCCC(=O)c1ccc(CC)o1. The Labute approximate surface area is 84.3 Å². The third-order valence-corrected chi connectivity index (χ3v) is 2.01. The van der Waals surface area contributed by atoms with Gasteiger partial charge in [0.15, 0.2) is 11.5 Å². The standard InChI is InChI=1S/C12H14O2/c1-3-5-6-7-11(13)12-9-8-10(4-2)14-12/h1,8-9H,4-7H2,2H3. The smallest absolute Gasteiger partial charge is 0.198 e. The van der Waals surface area contributed by atoms with Gasteiger partial charge in [0, 0.05) is 19.3 Å². The summed E-state index contributed by atoms with van der Waals surface area (Å²) < 4.78 is 5.32. The number of ketones is 1. The molecule has 2 heteroatoms. The van der Waals surface area contributed by atoms with E-state index >= 15 is 0 Å². The summed E-state index contributed by atoms with van der Waals surface area (Å²) in [5, 5.41) is 0. The lowest BCUT2D eigenvalue weighted by Gasteiger charge is -1.94. The predicted octanol–water partition coefficient (Wildman–Crippen LogP) is 2.83. The topological polar surface area (TPSA) is 30.2 Å². The molecule has 0 unspecified atom stereocenters. The van der Waals surface area contributed by atoms with Gasteiger partial charge < -0.3 is 4.42 Å². The number of carbonyl (C=O) groups excluding carboxylic acids is 1. The van der Waals surface area contributed by atoms with Gasteiger partial charge in [0.05, 0.1) is 0 Å². The number of carbonyl (C=O) groups is 1. The Morgan fingerprint density at radius 3 is 2.93 bits per heavy atom. The third-order valence-electron chi connectivity index (χ3n) is 2.01. The zero-order chi connectivity index (χ0) is 10.4. The van der Waals surface area contributed by atoms with E-state index in [2.05, 4.69) is 5.92 Å². The summed E-state index contributed by atoms with van der Waals surface area (Å²) in [6.45, 7) is 1.99. The van der Waals surface area contributed by atoms with Crippen LogP contribution in [-0.4, -0.2) is 5.78 Å². The van der Waals surface area contributed by atoms with Gasteiger partial charge in [-0.05, 0) is 18.6 Å². The van der Waals surface area contributed by atoms with Gasteiger partial charge in [0.2, 0.25) is 0 Å². The molecule has 0 saturated carbocycles. The van der Waals surface area contributed by atoms with Crippen LogP contribution in [0.4, 0.5) is 0 Å². The number of hydrogen-bond donors (Lipinski definition) is 0. The molecule has 14 heavy (non-hydrogen) atoms. The Bertz CT molecular complexity index is 341. The quantitative estimate of drug-likeness (QED) is 0.406. The maximum Gasteiger partial charge on any atom is 0.198 e. The molecule has 1 rings (SSSR count). The molecule has 74 valence electrons. The molecule has 0 fully saturated rings. The zero-order valence-corrected chi connectivity index (χ0v) is 8.38. The van der Waals surface area contributed by atoms with E-state index < -0.39 is 0 Å². The first kappa shape index (κ1) is 10.6. The van der Waals surface area contributed by atoms with Gasteiger partial charge in [-0.25, -0.2) is 0 Å². The van der Waals surface area contributed by atoms with Crippen molar-refractivity contribution in [3.8, 4) is 12.3 Å². The lowest BCUT2D eigenvalue weighted by molar-refractivity contribution is 0.0952. The molecule has 1 aromatic heterocycles. The molecule has 0 amide bonds. The van der Waals surface area contributed by atoms with Gasteiger partial charge in [-0.15, -0.1) is 12.3 Å². The highest BCUT2D eigenvalue weighted by Crippen LogP contribution is 2.12. The number of rotatable bonds is 5. The molecular weight excluding hydrogens is 176 g/mol. The van der Waals surface area contributed by atoms with E-state index in [0.717, 1.165) is 18.6 Å². The molecule has 0 aromatic carbocycles. The number of furan rings is 1. The fraction of sp³-hybridized carbons (Fsp3) is 0.417. The van der Waals surface area contributed by atoms with Crippen LogP contribution in [-0.2, 0) is 6.42 Å². The first-order chi connectivity index (χ1) is 6.77. The van der Waals surface area contributed by atoms with E-state index in [1.165, 1.54) is 0 Å². The first-order valence-corrected chi connectivity index (χ1v) is 4.83. The van der Waals surface area contributed by atoms with Crippen molar-refractivity contribution in [3.63, 3.8) is 0 Å². The van der Waals surface area contributed by atoms with Gasteiger partial charge in [-0.1, -0.05) is 6.92 Å². The fourth-order valence-corrected chi connectivity index (χ4v) is 1.19. The van der Waals surface area contributed by atoms with Crippen molar-refractivity contribution in [2.45, 2.75) is 32.6 Å². The molecule has 0 aliphatic rings. The summed E-state index contributed by atoms with van der Waals surface area (Å²) in [7, 11) is 0. The summed E-state index contributed by atoms with van der Waals surface area (Å²) in [6.07, 6.45) is 7.76. The Morgan fingerprint density at radius 2 is 2.36 bits per heavy atom. The molecule has 0 radical (unpaired) electrons. The number of Topliss-reactive ketones (excluding diaryl/α,β-unsaturated/α-hetero) is 1. The van der Waals surface area contributed by atoms with Crippen LogP contribution in [0.3, 0.4) is 0 Å². The van der Waals surface area contributed by atoms with Crippen LogP contribution in [0.5, 0.6) is 0 Å². The van der Waals surface area contributed by atoms with Crippen LogP contribution in [0.2, 0.25) is 0 Å². The number of hydrogen-bond acceptors (Lipinski definition) is 2. The second kappa shape index (κ2) is 5.29. The van der Waals surface area contributed by atoms with Crippen LogP contribution < -0.4 is 0 Å². The Hall–Kier alpha value is -1.49. The number of terminal acetylenes is 1. The summed E-state index contributed by atoms with van der Waals surface area (Å²) in [4.78, 5) is 11.5. The summed E-state index contributed by atoms with van der Waals surface area (Å²) in [5.74, 6) is 3.86. The normalized spacial score (nSPS) is 9.71. The van der Waals surface area contributed by atoms with Gasteiger partial charge in [0.25, 0.3) is 0 Å². The van der Waals surface area contributed by atoms with Crippen LogP contribution in [0.1, 0.15) is 42.5 Å². The monoisotopic (exact) mass is 190 g/mol. The lowest BCUT2D eigenvalue weighted by Crippen LogP contribution is -1.96. The molecule has 1 aromatic rings. The predicted molar refractivity (Wildman–Crippen MR) is 55.1 cm³/mol. The molecule has 0 saturated heterocycles. The zero-order valence-electron chi connectivity index (χ0n) is 8.38. The maximum absolute atomic E-state index is 11.5. The highest BCUT2D eigenvalue weighted by molar-refractivity contribution is 5.93. The van der Waals surface area contributed by atoms with Gasteiger partial charge in [0.1, 0.15) is 5.76 Å². The van der Waals surface area contributed by atoms with Crippen molar-refractivity contribution in [2.75, 3.05) is 0 Å². The van der Waals surface area contributed by atoms with Gasteiger partial charge in [-0.3, -0.25) is 4.79 Å². The maximum atomic E-state index is 11.5. The minimum atomic E-state index is 0.0416. The molecule has 0 atom stereocenters. The molecule has 0 N–H and O–H groups in total. The van der Waals surface area contributed by atoms with Crippen molar-refractivity contribution in [2.24, 2.45) is 0 Å². The van der Waals surface area contributed by atoms with Gasteiger partial charge >= 0.3 is 0 Å². The Balaban J connectivity index is 2.48. The average molecular weight is 190 g/mol. The van der Waals surface area contributed by atoms with Crippen molar-refractivity contribution in [1.29, 1.82) is 0 Å². The van der Waals surface area contributed by atoms with Crippen LogP contribution in [0, 0.1) is 12.3 Å². The van der Waals surface area contributed by atoms with E-state index in [9.17, 15) is 4.79 Å². The fourth-order valence-electron chi connectivity index (χ4n) is 1.19. The molecular formula is C12H14O2. The number of unbranched alkanes of at least 4 members (excludes halogenated alkanes) is 1. The first-order valence-electron chi connectivity index (χ1n) is 4.83. The average Bonchev–Trinajstić information content (AvgIpc) is 2.66. The molecule has 2 nitrogen and oxygen atoms in total. The van der Waals surface area contributed by atoms with Crippen molar-refractivity contribution in [3.05, 3.63) is 23.7 Å². The summed E-state index contributed by atoms with van der Waals surface area (Å²) >= 11 is 0. The number of aryl methyl sites for hydroxylation is 1. The summed E-state index contributed by atoms with van der Waals surface area (Å²) in [6, 6.07) is 3.57. The molecule has 0 aliphatic heterocycles. The Morgan fingerprint density at radius 1 is 1.57 bits per heavy atom. The van der Waals surface area contributed by atoms with E-state index in [4.69, 9.17) is 10.8 Å². The van der Waals surface area contributed by atoms with Crippen molar-refractivity contribution in [1.82, 2.24) is 0 Å². The van der Waals surface area contributed by atoms with E-state index in [-0.39, 0.29) is 5.78 Å². The van der Waals surface area contributed by atoms with Crippen LogP contribution in [0.15, 0.2) is 16.5 Å². The Kier molecular flexibility index (Phi) is 4.00. The third kappa shape index (κ3) is 2.77. The van der Waals surface area contributed by atoms with Crippen LogP contribution >= 0.6 is 0 Å². The minimum absolute atomic E-state index is 0.0416. The summed E-state index contributed by atoms with van der Waals surface area (Å²) in [5.41, 5.74) is 0. The minimum Gasteiger partial charge on any atom is -0.458 e. The molecule has 0 aliphatic carbocycles. The highest BCUT2D eigenvalue weighted by atomic mass is 16.3. The lowest BCUT2D eigenvalue weighted by atomic mass is 10.1. The molecule has 1 heterocycles. The van der Waals surface area contributed by atoms with E-state index in [1.54, 1.807) is 6.07 Å². The largest absolute Gasteiger partial charge is 0.458 e. The van der Waals surface area contributed by atoms with Crippen molar-refractivity contribution < 1.29 is 9.21 Å². The van der Waals surface area contributed by atoms with Gasteiger partial charge in [-0.2, -0.15) is 0 Å².